The molecule has 26 heavy (non-hydrogen) atoms. The average Bonchev–Trinajstić information content (AvgIpc) is 2.69. The monoisotopic (exact) mass is 361 g/mol. The molecule has 7 nitrogen and oxygen atoms in total. The Morgan fingerprint density at radius 2 is 1.42 bits per heavy atom. The van der Waals surface area contributed by atoms with Crippen LogP contribution in [0.2, 0.25) is 0 Å². The van der Waals surface area contributed by atoms with E-state index in [1.165, 1.54) is 0 Å². The van der Waals surface area contributed by atoms with Gasteiger partial charge in [-0.2, -0.15) is 0 Å². The van der Waals surface area contributed by atoms with E-state index in [0.29, 0.717) is 35.3 Å². The highest BCUT2D eigenvalue weighted by molar-refractivity contribution is 5.77. The fourth-order valence-corrected chi connectivity index (χ4v) is 2.26. The van der Waals surface area contributed by atoms with E-state index in [4.69, 9.17) is 23.7 Å². The van der Waals surface area contributed by atoms with Crippen molar-refractivity contribution >= 4 is 5.91 Å². The predicted molar refractivity (Wildman–Crippen MR) is 96.4 cm³/mol. The topological polar surface area (TPSA) is 75.3 Å². The molecule has 0 aromatic heterocycles. The van der Waals surface area contributed by atoms with Crippen molar-refractivity contribution in [2.45, 2.75) is 6.54 Å². The van der Waals surface area contributed by atoms with E-state index >= 15 is 0 Å². The van der Waals surface area contributed by atoms with Crippen molar-refractivity contribution in [3.63, 3.8) is 0 Å². The quantitative estimate of drug-likeness (QED) is 0.739. The van der Waals surface area contributed by atoms with Gasteiger partial charge in [-0.1, -0.05) is 6.07 Å². The first kappa shape index (κ1) is 19.2. The van der Waals surface area contributed by atoms with Crippen LogP contribution in [0.15, 0.2) is 36.4 Å². The molecule has 0 unspecified atom stereocenters. The number of carbonyl (C=O) groups excluding carboxylic acids is 1. The van der Waals surface area contributed by atoms with Crippen molar-refractivity contribution in [3.05, 3.63) is 42.0 Å². The third-order valence-electron chi connectivity index (χ3n) is 3.63. The molecule has 1 amide bonds. The summed E-state index contributed by atoms with van der Waals surface area (Å²) < 4.78 is 26.3. The molecule has 0 radical (unpaired) electrons. The van der Waals surface area contributed by atoms with Crippen molar-refractivity contribution < 1.29 is 28.5 Å². The molecule has 0 aliphatic rings. The lowest BCUT2D eigenvalue weighted by atomic mass is 10.2. The molecular weight excluding hydrogens is 338 g/mol. The maximum atomic E-state index is 12.0. The van der Waals surface area contributed by atoms with E-state index in [9.17, 15) is 4.79 Å². The molecule has 0 heterocycles. The van der Waals surface area contributed by atoms with Gasteiger partial charge < -0.3 is 29.0 Å². The Bertz CT molecular complexity index is 725. The van der Waals surface area contributed by atoms with Crippen molar-refractivity contribution in [1.29, 1.82) is 0 Å². The largest absolute Gasteiger partial charge is 0.496 e. The molecule has 7 heteroatoms. The lowest BCUT2D eigenvalue weighted by Gasteiger charge is -2.12. The molecule has 0 saturated carbocycles. The van der Waals surface area contributed by atoms with Crippen molar-refractivity contribution in [1.82, 2.24) is 5.32 Å². The Hall–Kier alpha value is -3.09. The fraction of sp³-hybridized carbons (Fsp3) is 0.316. The number of nitrogens with one attached hydrogen (secondary N) is 1. The lowest BCUT2D eigenvalue weighted by molar-refractivity contribution is -0.123. The van der Waals surface area contributed by atoms with E-state index in [2.05, 4.69) is 5.32 Å². The van der Waals surface area contributed by atoms with E-state index in [0.717, 1.165) is 5.56 Å². The zero-order chi connectivity index (χ0) is 18.9. The van der Waals surface area contributed by atoms with E-state index in [1.54, 1.807) is 52.7 Å². The highest BCUT2D eigenvalue weighted by Gasteiger charge is 2.08. The standard InChI is InChI=1S/C19H23NO6/c1-22-14-8-15(23-2)10-16(9-14)26-12-19(21)20-11-13-5-6-17(24-3)18(7-13)25-4/h5-10H,11-12H2,1-4H3,(H,20,21). The van der Waals surface area contributed by atoms with Gasteiger partial charge in [-0.15, -0.1) is 0 Å². The average molecular weight is 361 g/mol. The van der Waals surface area contributed by atoms with Gasteiger partial charge in [0.15, 0.2) is 18.1 Å². The Kier molecular flexibility index (Phi) is 6.96. The Morgan fingerprint density at radius 3 is 2.00 bits per heavy atom. The molecule has 0 bridgehead atoms. The third-order valence-corrected chi connectivity index (χ3v) is 3.63. The number of benzene rings is 2. The van der Waals surface area contributed by atoms with Crippen LogP contribution in [0.5, 0.6) is 28.7 Å². The summed E-state index contributed by atoms with van der Waals surface area (Å²) in [6.45, 7) is 0.230. The summed E-state index contributed by atoms with van der Waals surface area (Å²) >= 11 is 0. The smallest absolute Gasteiger partial charge is 0.258 e. The molecular formula is C19H23NO6. The van der Waals surface area contributed by atoms with Gasteiger partial charge >= 0.3 is 0 Å². The van der Waals surface area contributed by atoms with Gasteiger partial charge in [-0.05, 0) is 17.7 Å². The highest BCUT2D eigenvalue weighted by atomic mass is 16.5. The molecule has 0 aliphatic heterocycles. The molecule has 0 spiro atoms. The van der Waals surface area contributed by atoms with Gasteiger partial charge in [0.05, 0.1) is 28.4 Å². The normalized spacial score (nSPS) is 10.0. The number of hydrogen-bond donors (Lipinski definition) is 1. The van der Waals surface area contributed by atoms with Crippen LogP contribution in [0.1, 0.15) is 5.56 Å². The number of amides is 1. The van der Waals surface area contributed by atoms with Crippen LogP contribution in [-0.2, 0) is 11.3 Å². The van der Waals surface area contributed by atoms with Gasteiger partial charge in [0.25, 0.3) is 5.91 Å². The number of ether oxygens (including phenoxy) is 5. The maximum Gasteiger partial charge on any atom is 0.258 e. The van der Waals surface area contributed by atoms with Gasteiger partial charge in [0.1, 0.15) is 17.2 Å². The van der Waals surface area contributed by atoms with Gasteiger partial charge in [0.2, 0.25) is 0 Å². The number of rotatable bonds is 9. The molecule has 140 valence electrons. The van der Waals surface area contributed by atoms with Crippen LogP contribution in [0, 0.1) is 0 Å². The second-order valence-electron chi connectivity index (χ2n) is 5.30. The fourth-order valence-electron chi connectivity index (χ4n) is 2.26. The van der Waals surface area contributed by atoms with Crippen LogP contribution in [-0.4, -0.2) is 41.0 Å². The molecule has 0 atom stereocenters. The first-order chi connectivity index (χ1) is 12.6. The second-order valence-corrected chi connectivity index (χ2v) is 5.30. The van der Waals surface area contributed by atoms with Crippen LogP contribution in [0.25, 0.3) is 0 Å². The number of methoxy groups -OCH3 is 4. The minimum absolute atomic E-state index is 0.121. The molecule has 1 N–H and O–H groups in total. The van der Waals surface area contributed by atoms with Crippen LogP contribution >= 0.6 is 0 Å². The Labute approximate surface area is 152 Å². The van der Waals surface area contributed by atoms with Crippen molar-refractivity contribution in [3.8, 4) is 28.7 Å². The molecule has 0 aliphatic carbocycles. The van der Waals surface area contributed by atoms with E-state index in [1.807, 2.05) is 12.1 Å². The summed E-state index contributed by atoms with van der Waals surface area (Å²) in [7, 11) is 6.24. The zero-order valence-corrected chi connectivity index (χ0v) is 15.3. The highest BCUT2D eigenvalue weighted by Crippen LogP contribution is 2.28. The molecule has 0 fully saturated rings. The number of carbonyl (C=O) groups is 1. The predicted octanol–water partition coefficient (Wildman–Crippen LogP) is 2.42. The second kappa shape index (κ2) is 9.41. The zero-order valence-electron chi connectivity index (χ0n) is 15.3. The van der Waals surface area contributed by atoms with Crippen LogP contribution in [0.4, 0.5) is 0 Å². The molecule has 2 aromatic rings. The van der Waals surface area contributed by atoms with Gasteiger partial charge in [-0.25, -0.2) is 0 Å². The first-order valence-corrected chi connectivity index (χ1v) is 7.93. The summed E-state index contributed by atoms with van der Waals surface area (Å²) in [5.41, 5.74) is 0.888. The summed E-state index contributed by atoms with van der Waals surface area (Å²) in [4.78, 5) is 12.0. The van der Waals surface area contributed by atoms with Crippen molar-refractivity contribution in [2.24, 2.45) is 0 Å². The molecule has 0 saturated heterocycles. The van der Waals surface area contributed by atoms with Crippen molar-refractivity contribution in [2.75, 3.05) is 35.0 Å². The SMILES string of the molecule is COc1cc(OC)cc(OCC(=O)NCc2ccc(OC)c(OC)c2)c1. The lowest BCUT2D eigenvalue weighted by Crippen LogP contribution is -2.28. The third kappa shape index (κ3) is 5.20. The van der Waals surface area contributed by atoms with Gasteiger partial charge in [0, 0.05) is 24.7 Å². The maximum absolute atomic E-state index is 12.0. The van der Waals surface area contributed by atoms with Crippen LogP contribution in [0.3, 0.4) is 0 Å². The van der Waals surface area contributed by atoms with Gasteiger partial charge in [-0.3, -0.25) is 4.79 Å². The summed E-state index contributed by atoms with van der Waals surface area (Å²) in [5, 5.41) is 2.79. The minimum atomic E-state index is -0.249. The molecule has 2 rings (SSSR count). The number of hydrogen-bond acceptors (Lipinski definition) is 6. The molecule has 2 aromatic carbocycles. The first-order valence-electron chi connectivity index (χ1n) is 7.93. The van der Waals surface area contributed by atoms with E-state index < -0.39 is 0 Å². The summed E-state index contributed by atoms with van der Waals surface area (Å²) in [6, 6.07) is 10.6. The Morgan fingerprint density at radius 1 is 0.808 bits per heavy atom. The summed E-state index contributed by atoms with van der Waals surface area (Å²) in [5.74, 6) is 2.66. The van der Waals surface area contributed by atoms with Crippen LogP contribution < -0.4 is 29.0 Å². The summed E-state index contributed by atoms with van der Waals surface area (Å²) in [6.07, 6.45) is 0. The van der Waals surface area contributed by atoms with E-state index in [-0.39, 0.29) is 12.5 Å². The minimum Gasteiger partial charge on any atom is -0.496 e. The Balaban J connectivity index is 1.89.